The van der Waals surface area contributed by atoms with Gasteiger partial charge >= 0.3 is 5.97 Å². The first-order chi connectivity index (χ1) is 7.24. The van der Waals surface area contributed by atoms with E-state index in [9.17, 15) is 9.59 Å². The average Bonchev–Trinajstić information content (AvgIpc) is 2.28. The van der Waals surface area contributed by atoms with Crippen LogP contribution in [-0.4, -0.2) is 18.9 Å². The van der Waals surface area contributed by atoms with Gasteiger partial charge in [0, 0.05) is 5.56 Å². The van der Waals surface area contributed by atoms with E-state index < -0.39 is 5.97 Å². The maximum atomic E-state index is 11.5. The number of hydrogen-bond acceptors (Lipinski definition) is 5. The Labute approximate surface area is 87.2 Å². The molecular formula is C10H12N2O3. The quantitative estimate of drug-likeness (QED) is 0.333. The van der Waals surface area contributed by atoms with Crippen LogP contribution < -0.4 is 11.3 Å². The Morgan fingerprint density at radius 3 is 2.87 bits per heavy atom. The van der Waals surface area contributed by atoms with E-state index in [0.29, 0.717) is 12.0 Å². The summed E-state index contributed by atoms with van der Waals surface area (Å²) in [6.45, 7) is 1.94. The van der Waals surface area contributed by atoms with E-state index in [2.05, 4.69) is 5.43 Å². The summed E-state index contributed by atoms with van der Waals surface area (Å²) >= 11 is 0. The largest absolute Gasteiger partial charge is 0.462 e. The molecule has 0 spiro atoms. The van der Waals surface area contributed by atoms with Crippen LogP contribution in [-0.2, 0) is 4.74 Å². The number of rotatable bonds is 4. The third kappa shape index (κ3) is 2.32. The molecule has 0 atom stereocenters. The Hall–Kier alpha value is -1.88. The van der Waals surface area contributed by atoms with Gasteiger partial charge in [-0.05, 0) is 13.0 Å². The molecule has 0 saturated heterocycles. The Kier molecular flexibility index (Phi) is 3.82. The fourth-order valence-corrected chi connectivity index (χ4v) is 1.22. The number of ether oxygens (including phenoxy) is 1. The van der Waals surface area contributed by atoms with Gasteiger partial charge < -0.3 is 10.2 Å². The van der Waals surface area contributed by atoms with Gasteiger partial charge in [0.1, 0.15) is 0 Å². The minimum Gasteiger partial charge on any atom is -0.462 e. The molecule has 0 bridgehead atoms. The Balaban J connectivity index is 3.21. The van der Waals surface area contributed by atoms with E-state index in [1.54, 1.807) is 19.1 Å². The van der Waals surface area contributed by atoms with Crippen molar-refractivity contribution in [3.8, 4) is 0 Å². The highest BCUT2D eigenvalue weighted by Gasteiger charge is 2.16. The number of nitrogens with one attached hydrogen (secondary N) is 1. The van der Waals surface area contributed by atoms with Gasteiger partial charge in [0.2, 0.25) is 0 Å². The zero-order valence-corrected chi connectivity index (χ0v) is 8.32. The number of nitrogens with two attached hydrogens (primary N) is 1. The molecule has 0 heterocycles. The van der Waals surface area contributed by atoms with Crippen molar-refractivity contribution >= 4 is 17.9 Å². The van der Waals surface area contributed by atoms with Crippen molar-refractivity contribution < 1.29 is 14.3 Å². The zero-order valence-electron chi connectivity index (χ0n) is 8.32. The van der Waals surface area contributed by atoms with Gasteiger partial charge in [0.25, 0.3) is 0 Å². The fourth-order valence-electron chi connectivity index (χ4n) is 1.22. The smallest absolute Gasteiger partial charge is 0.341 e. The molecule has 0 radical (unpaired) electrons. The fraction of sp³-hybridized carbons (Fsp3) is 0.200. The monoisotopic (exact) mass is 208 g/mol. The summed E-state index contributed by atoms with van der Waals surface area (Å²) in [6.07, 6.45) is 0.590. The van der Waals surface area contributed by atoms with Crippen LogP contribution in [0.5, 0.6) is 0 Å². The molecule has 1 aromatic carbocycles. The summed E-state index contributed by atoms with van der Waals surface area (Å²) in [7, 11) is 0. The number of benzene rings is 1. The molecule has 5 nitrogen and oxygen atoms in total. The number of hydrogen-bond donors (Lipinski definition) is 2. The molecule has 0 aromatic heterocycles. The number of nitrogen functional groups attached to an aromatic ring is 1. The van der Waals surface area contributed by atoms with Gasteiger partial charge in [-0.1, -0.05) is 12.1 Å². The highest BCUT2D eigenvalue weighted by atomic mass is 16.5. The van der Waals surface area contributed by atoms with Crippen LogP contribution in [0.4, 0.5) is 5.69 Å². The molecule has 3 N–H and O–H groups in total. The number of aldehydes is 1. The maximum Gasteiger partial charge on any atom is 0.341 e. The lowest BCUT2D eigenvalue weighted by molar-refractivity contribution is 0.0525. The molecule has 1 aromatic rings. The molecule has 0 aliphatic rings. The summed E-state index contributed by atoms with van der Waals surface area (Å²) in [5.74, 6) is 4.67. The van der Waals surface area contributed by atoms with Crippen molar-refractivity contribution in [1.82, 2.24) is 0 Å². The van der Waals surface area contributed by atoms with Gasteiger partial charge in [-0.15, -0.1) is 0 Å². The number of carbonyl (C=O) groups excluding carboxylic acids is 2. The Morgan fingerprint density at radius 2 is 2.33 bits per heavy atom. The highest BCUT2D eigenvalue weighted by molar-refractivity contribution is 6.03. The molecule has 0 amide bonds. The molecule has 0 saturated carbocycles. The molecule has 15 heavy (non-hydrogen) atoms. The predicted octanol–water partition coefficient (Wildman–Crippen LogP) is 0.961. The molecule has 1 rings (SSSR count). The second kappa shape index (κ2) is 5.11. The summed E-state index contributed by atoms with van der Waals surface area (Å²) in [4.78, 5) is 22.3. The lowest BCUT2D eigenvalue weighted by Crippen LogP contribution is -2.15. The van der Waals surface area contributed by atoms with Gasteiger partial charge in [0.05, 0.1) is 17.9 Å². The number of esters is 1. The van der Waals surface area contributed by atoms with Gasteiger partial charge in [-0.2, -0.15) is 0 Å². The minimum atomic E-state index is -0.562. The van der Waals surface area contributed by atoms with Crippen molar-refractivity contribution in [2.24, 2.45) is 5.84 Å². The molecule has 0 fully saturated rings. The highest BCUT2D eigenvalue weighted by Crippen LogP contribution is 2.18. The zero-order chi connectivity index (χ0) is 11.3. The molecule has 5 heteroatoms. The standard InChI is InChI=1S/C10H12N2O3/c1-2-15-10(14)9-7(6-13)4-3-5-8(9)12-11/h3-6,12H,2,11H2,1H3. The van der Waals surface area contributed by atoms with Crippen LogP contribution in [0.15, 0.2) is 18.2 Å². The van der Waals surface area contributed by atoms with E-state index in [4.69, 9.17) is 10.6 Å². The first-order valence-electron chi connectivity index (χ1n) is 4.46. The lowest BCUT2D eigenvalue weighted by Gasteiger charge is -2.09. The van der Waals surface area contributed by atoms with Crippen LogP contribution in [0.2, 0.25) is 0 Å². The van der Waals surface area contributed by atoms with Crippen LogP contribution in [0, 0.1) is 0 Å². The van der Waals surface area contributed by atoms with E-state index in [1.165, 1.54) is 6.07 Å². The van der Waals surface area contributed by atoms with E-state index in [1.807, 2.05) is 0 Å². The van der Waals surface area contributed by atoms with Crippen molar-refractivity contribution in [1.29, 1.82) is 0 Å². The van der Waals surface area contributed by atoms with Crippen molar-refractivity contribution in [2.45, 2.75) is 6.92 Å². The number of carbonyl (C=O) groups is 2. The topological polar surface area (TPSA) is 81.4 Å². The van der Waals surface area contributed by atoms with Gasteiger partial charge in [0.15, 0.2) is 6.29 Å². The molecule has 80 valence electrons. The van der Waals surface area contributed by atoms with Crippen LogP contribution >= 0.6 is 0 Å². The third-order valence-corrected chi connectivity index (χ3v) is 1.86. The normalized spacial score (nSPS) is 9.47. The number of hydrazine groups is 1. The van der Waals surface area contributed by atoms with E-state index >= 15 is 0 Å². The summed E-state index contributed by atoms with van der Waals surface area (Å²) < 4.78 is 4.82. The van der Waals surface area contributed by atoms with E-state index in [0.717, 1.165) is 0 Å². The van der Waals surface area contributed by atoms with Crippen LogP contribution in [0.25, 0.3) is 0 Å². The summed E-state index contributed by atoms with van der Waals surface area (Å²) in [5, 5.41) is 0. The molecule has 0 aliphatic heterocycles. The van der Waals surface area contributed by atoms with Crippen molar-refractivity contribution in [3.05, 3.63) is 29.3 Å². The average molecular weight is 208 g/mol. The molecular weight excluding hydrogens is 196 g/mol. The molecule has 0 aliphatic carbocycles. The summed E-state index contributed by atoms with van der Waals surface area (Å²) in [6, 6.07) is 4.75. The van der Waals surface area contributed by atoms with E-state index in [-0.39, 0.29) is 17.7 Å². The van der Waals surface area contributed by atoms with Crippen LogP contribution in [0.1, 0.15) is 27.6 Å². The summed E-state index contributed by atoms with van der Waals surface area (Å²) in [5.41, 5.74) is 3.14. The predicted molar refractivity (Wildman–Crippen MR) is 55.6 cm³/mol. The molecule has 0 unspecified atom stereocenters. The second-order valence-corrected chi connectivity index (χ2v) is 2.75. The Morgan fingerprint density at radius 1 is 1.60 bits per heavy atom. The van der Waals surface area contributed by atoms with Crippen molar-refractivity contribution in [2.75, 3.05) is 12.0 Å². The maximum absolute atomic E-state index is 11.5. The van der Waals surface area contributed by atoms with Crippen molar-refractivity contribution in [3.63, 3.8) is 0 Å². The SMILES string of the molecule is CCOC(=O)c1c(C=O)cccc1NN. The Bertz CT molecular complexity index is 377. The second-order valence-electron chi connectivity index (χ2n) is 2.75. The van der Waals surface area contributed by atoms with Gasteiger partial charge in [-0.25, -0.2) is 4.79 Å². The van der Waals surface area contributed by atoms with Crippen LogP contribution in [0.3, 0.4) is 0 Å². The first kappa shape index (κ1) is 11.2. The lowest BCUT2D eigenvalue weighted by atomic mass is 10.1. The number of anilines is 1. The third-order valence-electron chi connectivity index (χ3n) is 1.86. The minimum absolute atomic E-state index is 0.164. The van der Waals surface area contributed by atoms with Gasteiger partial charge in [-0.3, -0.25) is 10.6 Å². The first-order valence-corrected chi connectivity index (χ1v) is 4.46.